The quantitative estimate of drug-likeness (QED) is 0.304. The Morgan fingerprint density at radius 2 is 1.62 bits per heavy atom. The maximum atomic E-state index is 14.7. The standard InChI is InChI=1S/C26H19ClF3N5O2/c27-18-11-15(4-5-19(18)28)32-26(37)33-16-10-17(24(30)20(29)12-16)25(36)14-3-6-21-22(9-14)34-23(13-31-21)35-7-1-2-8-35/h3-6,9-13H,1-2,7-8H2,(H2,32,33,37). The molecule has 0 unspecified atom stereocenters. The zero-order valence-electron chi connectivity index (χ0n) is 19.2. The molecule has 7 nitrogen and oxygen atoms in total. The molecule has 2 N–H and O–H groups in total. The lowest BCUT2D eigenvalue weighted by Crippen LogP contribution is -2.20. The Balaban J connectivity index is 1.40. The van der Waals surface area contributed by atoms with Crippen LogP contribution in [0.15, 0.2) is 54.7 Å². The molecule has 2 amide bonds. The fourth-order valence-electron chi connectivity index (χ4n) is 4.09. The van der Waals surface area contributed by atoms with Crippen LogP contribution in [-0.2, 0) is 0 Å². The maximum Gasteiger partial charge on any atom is 0.323 e. The van der Waals surface area contributed by atoms with E-state index in [2.05, 4.69) is 25.5 Å². The van der Waals surface area contributed by atoms with Gasteiger partial charge in [-0.15, -0.1) is 0 Å². The number of carbonyl (C=O) groups excluding carboxylic acids is 2. The van der Waals surface area contributed by atoms with Crippen LogP contribution in [0.2, 0.25) is 5.02 Å². The average Bonchev–Trinajstić information content (AvgIpc) is 3.42. The Labute approximate surface area is 214 Å². The van der Waals surface area contributed by atoms with Crippen molar-refractivity contribution in [3.05, 3.63) is 88.3 Å². The van der Waals surface area contributed by atoms with Crippen molar-refractivity contribution in [2.75, 3.05) is 28.6 Å². The summed E-state index contributed by atoms with van der Waals surface area (Å²) in [5.41, 5.74) is 0.532. The molecule has 2 heterocycles. The number of rotatable bonds is 5. The molecule has 0 radical (unpaired) electrons. The Morgan fingerprint density at radius 1 is 0.865 bits per heavy atom. The van der Waals surface area contributed by atoms with Crippen molar-refractivity contribution < 1.29 is 22.8 Å². The van der Waals surface area contributed by atoms with Gasteiger partial charge in [0.25, 0.3) is 0 Å². The molecule has 11 heteroatoms. The summed E-state index contributed by atoms with van der Waals surface area (Å²) >= 11 is 5.70. The van der Waals surface area contributed by atoms with Gasteiger partial charge >= 0.3 is 6.03 Å². The molecule has 0 aliphatic carbocycles. The molecule has 1 aliphatic rings. The number of benzene rings is 3. The lowest BCUT2D eigenvalue weighted by molar-refractivity contribution is 0.103. The number of urea groups is 1. The first kappa shape index (κ1) is 24.5. The fourth-order valence-corrected chi connectivity index (χ4v) is 4.27. The van der Waals surface area contributed by atoms with Crippen molar-refractivity contribution in [3.63, 3.8) is 0 Å². The van der Waals surface area contributed by atoms with Gasteiger partial charge in [0, 0.05) is 36.1 Å². The molecule has 1 fully saturated rings. The lowest BCUT2D eigenvalue weighted by atomic mass is 10.0. The zero-order valence-corrected chi connectivity index (χ0v) is 20.0. The molecular weight excluding hydrogens is 507 g/mol. The van der Waals surface area contributed by atoms with Gasteiger partial charge in [0.05, 0.1) is 27.8 Å². The number of hydrogen-bond acceptors (Lipinski definition) is 5. The van der Waals surface area contributed by atoms with E-state index < -0.39 is 34.8 Å². The Kier molecular flexibility index (Phi) is 6.66. The van der Waals surface area contributed by atoms with E-state index in [0.717, 1.165) is 44.1 Å². The summed E-state index contributed by atoms with van der Waals surface area (Å²) in [6.07, 6.45) is 3.79. The largest absolute Gasteiger partial charge is 0.355 e. The highest BCUT2D eigenvalue weighted by Crippen LogP contribution is 2.25. The van der Waals surface area contributed by atoms with Crippen molar-refractivity contribution in [2.45, 2.75) is 12.8 Å². The first-order valence-corrected chi connectivity index (χ1v) is 11.7. The second kappa shape index (κ2) is 10.1. The molecule has 4 aromatic rings. The first-order valence-electron chi connectivity index (χ1n) is 11.4. The van der Waals surface area contributed by atoms with Crippen molar-refractivity contribution in [1.29, 1.82) is 0 Å². The summed E-state index contributed by atoms with van der Waals surface area (Å²) in [7, 11) is 0. The summed E-state index contributed by atoms with van der Waals surface area (Å²) in [5, 5.41) is 4.53. The molecule has 1 aliphatic heterocycles. The number of ketones is 1. The van der Waals surface area contributed by atoms with Crippen molar-refractivity contribution in [3.8, 4) is 0 Å². The van der Waals surface area contributed by atoms with Gasteiger partial charge in [-0.1, -0.05) is 11.6 Å². The molecule has 5 rings (SSSR count). The SMILES string of the molecule is O=C(Nc1ccc(F)c(Cl)c1)Nc1cc(F)c(F)c(C(=O)c2ccc3ncc(N4CCCC4)nc3c2)c1. The topological polar surface area (TPSA) is 87.2 Å². The molecule has 0 saturated carbocycles. The molecule has 0 spiro atoms. The minimum Gasteiger partial charge on any atom is -0.355 e. The van der Waals surface area contributed by atoms with Gasteiger partial charge in [0.2, 0.25) is 0 Å². The number of halogens is 4. The van der Waals surface area contributed by atoms with Crippen LogP contribution < -0.4 is 15.5 Å². The molecular formula is C26H19ClF3N5O2. The van der Waals surface area contributed by atoms with Crippen molar-refractivity contribution >= 4 is 51.6 Å². The van der Waals surface area contributed by atoms with Gasteiger partial charge in [-0.3, -0.25) is 9.78 Å². The van der Waals surface area contributed by atoms with Crippen molar-refractivity contribution in [2.24, 2.45) is 0 Å². The van der Waals surface area contributed by atoms with Gasteiger partial charge in [0.1, 0.15) is 11.6 Å². The molecule has 3 aromatic carbocycles. The third kappa shape index (κ3) is 5.19. The summed E-state index contributed by atoms with van der Waals surface area (Å²) in [6, 6.07) is 9.00. The molecule has 1 saturated heterocycles. The van der Waals surface area contributed by atoms with Crippen LogP contribution in [0.4, 0.5) is 35.2 Å². The summed E-state index contributed by atoms with van der Waals surface area (Å²) in [4.78, 5) is 36.6. The molecule has 0 bridgehead atoms. The van der Waals surface area contributed by atoms with Gasteiger partial charge in [0.15, 0.2) is 17.4 Å². The van der Waals surface area contributed by atoms with Crippen LogP contribution in [0.5, 0.6) is 0 Å². The van der Waals surface area contributed by atoms with E-state index in [1.165, 1.54) is 24.3 Å². The number of aromatic nitrogens is 2. The predicted octanol–water partition coefficient (Wildman–Crippen LogP) is 6.18. The van der Waals surface area contributed by atoms with E-state index in [-0.39, 0.29) is 22.0 Å². The van der Waals surface area contributed by atoms with E-state index >= 15 is 0 Å². The van der Waals surface area contributed by atoms with Gasteiger partial charge < -0.3 is 15.5 Å². The number of nitrogens with one attached hydrogen (secondary N) is 2. The van der Waals surface area contributed by atoms with Crippen LogP contribution in [0.25, 0.3) is 11.0 Å². The van der Waals surface area contributed by atoms with E-state index in [1.54, 1.807) is 12.3 Å². The van der Waals surface area contributed by atoms with Gasteiger partial charge in [-0.05, 0) is 55.3 Å². The van der Waals surface area contributed by atoms with Gasteiger partial charge in [-0.2, -0.15) is 0 Å². The fraction of sp³-hybridized carbons (Fsp3) is 0.154. The smallest absolute Gasteiger partial charge is 0.323 e. The minimum atomic E-state index is -1.35. The highest BCUT2D eigenvalue weighted by Gasteiger charge is 2.21. The van der Waals surface area contributed by atoms with E-state index in [1.807, 2.05) is 0 Å². The summed E-state index contributed by atoms with van der Waals surface area (Å²) in [5.74, 6) is -3.43. The maximum absolute atomic E-state index is 14.7. The van der Waals surface area contributed by atoms with Crippen LogP contribution in [-0.4, -0.2) is 34.9 Å². The number of anilines is 3. The Bertz CT molecular complexity index is 1540. The van der Waals surface area contributed by atoms with E-state index in [0.29, 0.717) is 16.9 Å². The number of hydrogen-bond donors (Lipinski definition) is 2. The zero-order chi connectivity index (χ0) is 26.1. The number of nitrogens with zero attached hydrogens (tertiary/aromatic N) is 3. The van der Waals surface area contributed by atoms with E-state index in [4.69, 9.17) is 11.6 Å². The van der Waals surface area contributed by atoms with E-state index in [9.17, 15) is 22.8 Å². The molecule has 0 atom stereocenters. The number of amides is 2. The molecule has 37 heavy (non-hydrogen) atoms. The minimum absolute atomic E-state index is 0.0845. The third-order valence-electron chi connectivity index (χ3n) is 5.93. The number of fused-ring (bicyclic) bond motifs is 1. The van der Waals surface area contributed by atoms with Crippen LogP contribution >= 0.6 is 11.6 Å². The highest BCUT2D eigenvalue weighted by atomic mass is 35.5. The van der Waals surface area contributed by atoms with Crippen LogP contribution in [0, 0.1) is 17.5 Å². The third-order valence-corrected chi connectivity index (χ3v) is 6.22. The molecule has 1 aromatic heterocycles. The normalized spacial score (nSPS) is 13.1. The Hall–Kier alpha value is -4.18. The molecule has 188 valence electrons. The summed E-state index contributed by atoms with van der Waals surface area (Å²) in [6.45, 7) is 1.73. The predicted molar refractivity (Wildman–Crippen MR) is 135 cm³/mol. The average molecular weight is 526 g/mol. The second-order valence-electron chi connectivity index (χ2n) is 8.48. The number of carbonyl (C=O) groups is 2. The second-order valence-corrected chi connectivity index (χ2v) is 8.89. The highest BCUT2D eigenvalue weighted by molar-refractivity contribution is 6.31. The Morgan fingerprint density at radius 3 is 2.38 bits per heavy atom. The summed E-state index contributed by atoms with van der Waals surface area (Å²) < 4.78 is 42.4. The van der Waals surface area contributed by atoms with Gasteiger partial charge in [-0.25, -0.2) is 22.9 Å². The first-order chi connectivity index (χ1) is 17.8. The van der Waals surface area contributed by atoms with Crippen LogP contribution in [0.1, 0.15) is 28.8 Å². The van der Waals surface area contributed by atoms with Crippen LogP contribution in [0.3, 0.4) is 0 Å². The monoisotopic (exact) mass is 525 g/mol. The lowest BCUT2D eigenvalue weighted by Gasteiger charge is -2.16. The van der Waals surface area contributed by atoms with Crippen molar-refractivity contribution in [1.82, 2.24) is 9.97 Å².